The smallest absolute Gasteiger partial charge is 0.257 e. The molecule has 1 saturated heterocycles. The molecular weight excluding hydrogens is 438 g/mol. The van der Waals surface area contributed by atoms with Gasteiger partial charge in [-0.2, -0.15) is 0 Å². The van der Waals surface area contributed by atoms with Gasteiger partial charge in [-0.15, -0.1) is 0 Å². The van der Waals surface area contributed by atoms with Gasteiger partial charge in [0.1, 0.15) is 5.75 Å². The van der Waals surface area contributed by atoms with Crippen molar-refractivity contribution in [1.82, 2.24) is 4.90 Å². The van der Waals surface area contributed by atoms with Gasteiger partial charge in [0, 0.05) is 37.6 Å². The predicted molar refractivity (Wildman–Crippen MR) is 131 cm³/mol. The van der Waals surface area contributed by atoms with Gasteiger partial charge in [-0.25, -0.2) is 0 Å². The second kappa shape index (κ2) is 10.4. The molecule has 33 heavy (non-hydrogen) atoms. The normalized spacial score (nSPS) is 13.5. The van der Waals surface area contributed by atoms with Gasteiger partial charge in [0.2, 0.25) is 5.91 Å². The molecule has 3 aromatic rings. The van der Waals surface area contributed by atoms with Crippen LogP contribution in [0.15, 0.2) is 72.8 Å². The monoisotopic (exact) mass is 463 g/mol. The number of halogens is 1. The number of benzene rings is 3. The number of carbonyl (C=O) groups is 2. The van der Waals surface area contributed by atoms with Gasteiger partial charge in [-0.1, -0.05) is 35.9 Å². The molecule has 6 nitrogen and oxygen atoms in total. The van der Waals surface area contributed by atoms with Crippen LogP contribution >= 0.6 is 11.6 Å². The van der Waals surface area contributed by atoms with Crippen LogP contribution in [0.3, 0.4) is 0 Å². The van der Waals surface area contributed by atoms with Crippen molar-refractivity contribution in [2.45, 2.75) is 6.42 Å². The molecule has 0 unspecified atom stereocenters. The fourth-order valence-electron chi connectivity index (χ4n) is 3.84. The zero-order chi connectivity index (χ0) is 23.2. The van der Waals surface area contributed by atoms with Crippen molar-refractivity contribution in [3.8, 4) is 5.75 Å². The second-order valence-electron chi connectivity index (χ2n) is 7.87. The van der Waals surface area contributed by atoms with Crippen molar-refractivity contribution in [2.24, 2.45) is 0 Å². The van der Waals surface area contributed by atoms with E-state index in [0.717, 1.165) is 30.1 Å². The Morgan fingerprint density at radius 2 is 1.58 bits per heavy atom. The lowest BCUT2D eigenvalue weighted by Gasteiger charge is -2.36. The maximum absolute atomic E-state index is 12.7. The Morgan fingerprint density at radius 1 is 0.909 bits per heavy atom. The van der Waals surface area contributed by atoms with E-state index in [0.29, 0.717) is 35.8 Å². The highest BCUT2D eigenvalue weighted by atomic mass is 35.5. The van der Waals surface area contributed by atoms with Crippen LogP contribution in [-0.4, -0.2) is 50.0 Å². The molecule has 1 aliphatic rings. The van der Waals surface area contributed by atoms with Gasteiger partial charge >= 0.3 is 0 Å². The van der Waals surface area contributed by atoms with Gasteiger partial charge in [0.05, 0.1) is 24.1 Å². The summed E-state index contributed by atoms with van der Waals surface area (Å²) < 4.78 is 5.17. The van der Waals surface area contributed by atoms with Crippen LogP contribution in [0.2, 0.25) is 5.02 Å². The highest BCUT2D eigenvalue weighted by Crippen LogP contribution is 2.22. The van der Waals surface area contributed by atoms with Crippen LogP contribution in [0.5, 0.6) is 5.75 Å². The Balaban J connectivity index is 1.29. The number of nitrogens with zero attached hydrogens (tertiary/aromatic N) is 2. The SMILES string of the molecule is COc1ccc(CC(=O)N2CCN(c3ccc(NC(=O)c4ccccc4Cl)cc3)CC2)cc1. The molecule has 0 saturated carbocycles. The molecule has 1 fully saturated rings. The van der Waals surface area contributed by atoms with Crippen molar-refractivity contribution in [3.05, 3.63) is 88.9 Å². The summed E-state index contributed by atoms with van der Waals surface area (Å²) >= 11 is 6.10. The average molecular weight is 464 g/mol. The fourth-order valence-corrected chi connectivity index (χ4v) is 4.06. The van der Waals surface area contributed by atoms with Crippen molar-refractivity contribution < 1.29 is 14.3 Å². The third-order valence-electron chi connectivity index (χ3n) is 5.76. The molecule has 0 bridgehead atoms. The molecule has 4 rings (SSSR count). The Hall–Kier alpha value is -3.51. The third kappa shape index (κ3) is 5.65. The maximum atomic E-state index is 12.7. The third-order valence-corrected chi connectivity index (χ3v) is 6.09. The van der Waals surface area contributed by atoms with E-state index in [-0.39, 0.29) is 11.8 Å². The summed E-state index contributed by atoms with van der Waals surface area (Å²) in [5.41, 5.74) is 3.20. The number of rotatable bonds is 6. The van der Waals surface area contributed by atoms with E-state index in [1.54, 1.807) is 31.4 Å². The molecule has 3 aromatic carbocycles. The molecule has 1 heterocycles. The Morgan fingerprint density at radius 3 is 2.21 bits per heavy atom. The number of amides is 2. The molecule has 170 valence electrons. The maximum Gasteiger partial charge on any atom is 0.257 e. The van der Waals surface area contributed by atoms with E-state index < -0.39 is 0 Å². The minimum absolute atomic E-state index is 0.137. The molecule has 0 aliphatic carbocycles. The lowest BCUT2D eigenvalue weighted by atomic mass is 10.1. The first-order valence-electron chi connectivity index (χ1n) is 10.8. The Labute approximate surface area is 198 Å². The Kier molecular flexibility index (Phi) is 7.15. The van der Waals surface area contributed by atoms with Gasteiger partial charge in [0.15, 0.2) is 0 Å². The zero-order valence-corrected chi connectivity index (χ0v) is 19.2. The summed E-state index contributed by atoms with van der Waals surface area (Å²) in [6.45, 7) is 2.89. The van der Waals surface area contributed by atoms with Gasteiger partial charge < -0.3 is 19.9 Å². The van der Waals surface area contributed by atoms with E-state index in [9.17, 15) is 9.59 Å². The number of carbonyl (C=O) groups excluding carboxylic acids is 2. The van der Waals surface area contributed by atoms with E-state index in [1.807, 2.05) is 53.4 Å². The molecule has 0 atom stereocenters. The van der Waals surface area contributed by atoms with Gasteiger partial charge in [-0.3, -0.25) is 9.59 Å². The summed E-state index contributed by atoms with van der Waals surface area (Å²) in [7, 11) is 1.63. The Bertz CT molecular complexity index is 1110. The quantitative estimate of drug-likeness (QED) is 0.585. The molecule has 1 aliphatic heterocycles. The van der Waals surface area contributed by atoms with E-state index in [4.69, 9.17) is 16.3 Å². The first kappa shape index (κ1) is 22.7. The summed E-state index contributed by atoms with van der Waals surface area (Å²) in [5.74, 6) is 0.684. The van der Waals surface area contributed by atoms with Gasteiger partial charge in [0.25, 0.3) is 5.91 Å². The fraction of sp³-hybridized carbons (Fsp3) is 0.231. The molecule has 0 aromatic heterocycles. The van der Waals surface area contributed by atoms with Crippen LogP contribution in [0.25, 0.3) is 0 Å². The minimum Gasteiger partial charge on any atom is -0.497 e. The summed E-state index contributed by atoms with van der Waals surface area (Å²) in [5, 5.41) is 3.30. The largest absolute Gasteiger partial charge is 0.497 e. The molecule has 0 radical (unpaired) electrons. The van der Waals surface area contributed by atoms with Crippen molar-refractivity contribution >= 4 is 34.8 Å². The summed E-state index contributed by atoms with van der Waals surface area (Å²) in [6, 6.07) is 22.3. The first-order valence-corrected chi connectivity index (χ1v) is 11.2. The number of nitrogens with one attached hydrogen (secondary N) is 1. The van der Waals surface area contributed by atoms with E-state index in [1.165, 1.54) is 0 Å². The van der Waals surface area contributed by atoms with Crippen LogP contribution in [0.1, 0.15) is 15.9 Å². The number of piperazine rings is 1. The second-order valence-corrected chi connectivity index (χ2v) is 8.28. The number of ether oxygens (including phenoxy) is 1. The highest BCUT2D eigenvalue weighted by Gasteiger charge is 2.21. The molecule has 2 amide bonds. The zero-order valence-electron chi connectivity index (χ0n) is 18.5. The lowest BCUT2D eigenvalue weighted by molar-refractivity contribution is -0.130. The molecule has 0 spiro atoms. The molecule has 7 heteroatoms. The number of anilines is 2. The predicted octanol–water partition coefficient (Wildman–Crippen LogP) is 4.49. The number of methoxy groups -OCH3 is 1. The van der Waals surface area contributed by atoms with Crippen molar-refractivity contribution in [1.29, 1.82) is 0 Å². The standard InChI is InChI=1S/C26H26ClN3O3/c1-33-22-12-6-19(7-13-22)18-25(31)30-16-14-29(15-17-30)21-10-8-20(9-11-21)28-26(32)23-4-2-3-5-24(23)27/h2-13H,14-18H2,1H3,(H,28,32). The van der Waals surface area contributed by atoms with E-state index in [2.05, 4.69) is 10.2 Å². The van der Waals surface area contributed by atoms with Crippen molar-refractivity contribution in [3.63, 3.8) is 0 Å². The summed E-state index contributed by atoms with van der Waals surface area (Å²) in [6.07, 6.45) is 0.393. The lowest BCUT2D eigenvalue weighted by Crippen LogP contribution is -2.49. The topological polar surface area (TPSA) is 61.9 Å². The van der Waals surface area contributed by atoms with Crippen LogP contribution in [0.4, 0.5) is 11.4 Å². The average Bonchev–Trinajstić information content (AvgIpc) is 2.85. The molecule has 1 N–H and O–H groups in total. The number of hydrogen-bond donors (Lipinski definition) is 1. The van der Waals surface area contributed by atoms with Crippen molar-refractivity contribution in [2.75, 3.05) is 43.5 Å². The first-order chi connectivity index (χ1) is 16.0. The summed E-state index contributed by atoms with van der Waals surface area (Å²) in [4.78, 5) is 29.3. The van der Waals surface area contributed by atoms with Gasteiger partial charge in [-0.05, 0) is 54.1 Å². The molecular formula is C26H26ClN3O3. The highest BCUT2D eigenvalue weighted by molar-refractivity contribution is 6.34. The van der Waals surface area contributed by atoms with Crippen LogP contribution in [-0.2, 0) is 11.2 Å². The van der Waals surface area contributed by atoms with Crippen LogP contribution < -0.4 is 15.0 Å². The number of hydrogen-bond acceptors (Lipinski definition) is 4. The van der Waals surface area contributed by atoms with E-state index >= 15 is 0 Å². The minimum atomic E-state index is -0.239. The van der Waals surface area contributed by atoms with Crippen LogP contribution in [0, 0.1) is 0 Å².